The summed E-state index contributed by atoms with van der Waals surface area (Å²) in [6, 6.07) is 2.47. The highest BCUT2D eigenvalue weighted by molar-refractivity contribution is 5.90. The van der Waals surface area contributed by atoms with Crippen molar-refractivity contribution in [3.63, 3.8) is 0 Å². The van der Waals surface area contributed by atoms with Crippen LogP contribution in [-0.2, 0) is 4.74 Å². The van der Waals surface area contributed by atoms with Crippen molar-refractivity contribution in [3.8, 4) is 5.75 Å². The van der Waals surface area contributed by atoms with Gasteiger partial charge in [-0.05, 0) is 26.3 Å². The predicted octanol–water partition coefficient (Wildman–Crippen LogP) is 4.10. The van der Waals surface area contributed by atoms with Gasteiger partial charge in [-0.2, -0.15) is 0 Å². The highest BCUT2D eigenvalue weighted by Gasteiger charge is 2.20. The Morgan fingerprint density at radius 1 is 1.38 bits per heavy atom. The minimum absolute atomic E-state index is 0.112. The smallest absolute Gasteiger partial charge is 0.418 e. The van der Waals surface area contributed by atoms with Crippen LogP contribution in [0, 0.1) is 11.6 Å². The molecule has 0 aliphatic carbocycles. The van der Waals surface area contributed by atoms with Crippen molar-refractivity contribution in [2.75, 3.05) is 6.61 Å². The number of hydrogen-bond acceptors (Lipinski definition) is 3. The van der Waals surface area contributed by atoms with Crippen LogP contribution in [0.1, 0.15) is 27.2 Å². The van der Waals surface area contributed by atoms with Gasteiger partial charge in [0, 0.05) is 17.6 Å². The number of fused-ring (bicyclic) bond motifs is 1. The maximum atomic E-state index is 14.3. The Morgan fingerprint density at radius 2 is 2.10 bits per heavy atom. The largest absolute Gasteiger partial charge is 0.485 e. The highest BCUT2D eigenvalue weighted by atomic mass is 19.1. The molecule has 4 nitrogen and oxygen atoms in total. The monoisotopic (exact) mass is 297 g/mol. The van der Waals surface area contributed by atoms with E-state index in [1.807, 2.05) is 6.92 Å². The molecule has 2 aromatic rings. The standard InChI is InChI=1S/C15H17F2NO3/c1-4-7-20-15(19)18-6-5-10-12(18)8-11(16)14(13(10)17)21-9(2)3/h5-6,8-9H,4,7H2,1-3H3. The van der Waals surface area contributed by atoms with E-state index in [1.54, 1.807) is 13.8 Å². The fourth-order valence-electron chi connectivity index (χ4n) is 1.95. The SMILES string of the molecule is CCCOC(=O)n1ccc2c(F)c(OC(C)C)c(F)cc21. The van der Waals surface area contributed by atoms with Crippen molar-refractivity contribution >= 4 is 17.0 Å². The zero-order valence-corrected chi connectivity index (χ0v) is 12.2. The zero-order valence-electron chi connectivity index (χ0n) is 12.2. The molecule has 0 spiro atoms. The second-order valence-electron chi connectivity index (χ2n) is 4.90. The van der Waals surface area contributed by atoms with Crippen molar-refractivity contribution in [1.29, 1.82) is 0 Å². The van der Waals surface area contributed by atoms with E-state index < -0.39 is 23.5 Å². The lowest BCUT2D eigenvalue weighted by molar-refractivity contribution is 0.149. The van der Waals surface area contributed by atoms with E-state index in [0.29, 0.717) is 6.42 Å². The second kappa shape index (κ2) is 6.11. The van der Waals surface area contributed by atoms with Gasteiger partial charge in [0.05, 0.1) is 18.2 Å². The molecule has 1 aromatic carbocycles. The highest BCUT2D eigenvalue weighted by Crippen LogP contribution is 2.31. The average molecular weight is 297 g/mol. The second-order valence-corrected chi connectivity index (χ2v) is 4.90. The van der Waals surface area contributed by atoms with E-state index in [2.05, 4.69) is 0 Å². The predicted molar refractivity (Wildman–Crippen MR) is 74.7 cm³/mol. The molecule has 0 N–H and O–H groups in total. The molecule has 0 saturated heterocycles. The molecule has 0 aliphatic rings. The number of rotatable bonds is 4. The number of ether oxygens (including phenoxy) is 2. The van der Waals surface area contributed by atoms with Crippen molar-refractivity contribution in [2.24, 2.45) is 0 Å². The van der Waals surface area contributed by atoms with E-state index in [0.717, 1.165) is 10.6 Å². The molecule has 1 heterocycles. The van der Waals surface area contributed by atoms with Gasteiger partial charge in [0.25, 0.3) is 0 Å². The lowest BCUT2D eigenvalue weighted by atomic mass is 10.2. The van der Waals surface area contributed by atoms with Crippen LogP contribution in [0.3, 0.4) is 0 Å². The molecule has 114 valence electrons. The molecule has 0 fully saturated rings. The summed E-state index contributed by atoms with van der Waals surface area (Å²) in [5.41, 5.74) is 0.113. The Hall–Kier alpha value is -2.11. The third-order valence-electron chi connectivity index (χ3n) is 2.82. The molecule has 1 aromatic heterocycles. The van der Waals surface area contributed by atoms with Gasteiger partial charge in [-0.3, -0.25) is 4.57 Å². The summed E-state index contributed by atoms with van der Waals surface area (Å²) in [7, 11) is 0. The van der Waals surface area contributed by atoms with Gasteiger partial charge in [0.1, 0.15) is 0 Å². The third kappa shape index (κ3) is 2.99. The number of carbonyl (C=O) groups excluding carboxylic acids is 1. The maximum absolute atomic E-state index is 14.3. The van der Waals surface area contributed by atoms with Gasteiger partial charge in [-0.25, -0.2) is 13.6 Å². The molecule has 0 radical (unpaired) electrons. The van der Waals surface area contributed by atoms with Crippen LogP contribution < -0.4 is 4.74 Å². The topological polar surface area (TPSA) is 40.5 Å². The molecule has 0 aliphatic heterocycles. The first kappa shape index (κ1) is 15.3. The summed E-state index contributed by atoms with van der Waals surface area (Å²) in [6.07, 6.45) is 0.996. The average Bonchev–Trinajstić information content (AvgIpc) is 2.84. The molecule has 0 unspecified atom stereocenters. The van der Waals surface area contributed by atoms with Crippen LogP contribution in [0.4, 0.5) is 13.6 Å². The van der Waals surface area contributed by atoms with E-state index >= 15 is 0 Å². The van der Waals surface area contributed by atoms with Crippen LogP contribution in [0.2, 0.25) is 0 Å². The molecular weight excluding hydrogens is 280 g/mol. The van der Waals surface area contributed by atoms with Crippen LogP contribution in [-0.4, -0.2) is 23.4 Å². The lowest BCUT2D eigenvalue weighted by Gasteiger charge is -2.12. The van der Waals surface area contributed by atoms with Crippen LogP contribution >= 0.6 is 0 Å². The van der Waals surface area contributed by atoms with Gasteiger partial charge in [0.15, 0.2) is 17.4 Å². The maximum Gasteiger partial charge on any atom is 0.418 e. The Morgan fingerprint density at radius 3 is 2.71 bits per heavy atom. The molecular formula is C15H17F2NO3. The fourth-order valence-corrected chi connectivity index (χ4v) is 1.95. The number of carbonyl (C=O) groups is 1. The number of halogens is 2. The van der Waals surface area contributed by atoms with Crippen LogP contribution in [0.5, 0.6) is 5.75 Å². The van der Waals surface area contributed by atoms with Crippen molar-refractivity contribution < 1.29 is 23.0 Å². The number of benzene rings is 1. The van der Waals surface area contributed by atoms with Gasteiger partial charge >= 0.3 is 6.09 Å². The lowest BCUT2D eigenvalue weighted by Crippen LogP contribution is -2.13. The third-order valence-corrected chi connectivity index (χ3v) is 2.82. The molecule has 6 heteroatoms. The van der Waals surface area contributed by atoms with Gasteiger partial charge in [-0.1, -0.05) is 6.92 Å². The number of aromatic nitrogens is 1. The van der Waals surface area contributed by atoms with Gasteiger partial charge < -0.3 is 9.47 Å². The van der Waals surface area contributed by atoms with Crippen molar-refractivity contribution in [1.82, 2.24) is 4.57 Å². The molecule has 2 rings (SSSR count). The van der Waals surface area contributed by atoms with Crippen molar-refractivity contribution in [2.45, 2.75) is 33.3 Å². The molecule has 21 heavy (non-hydrogen) atoms. The van der Waals surface area contributed by atoms with Gasteiger partial charge in [0.2, 0.25) is 0 Å². The quantitative estimate of drug-likeness (QED) is 0.853. The first-order valence-corrected chi connectivity index (χ1v) is 6.78. The minimum Gasteiger partial charge on any atom is -0.485 e. The first-order chi connectivity index (χ1) is 9.95. The first-order valence-electron chi connectivity index (χ1n) is 6.78. The summed E-state index contributed by atoms with van der Waals surface area (Å²) < 4.78 is 39.5. The Bertz CT molecular complexity index is 664. The Kier molecular flexibility index (Phi) is 4.45. The van der Waals surface area contributed by atoms with Gasteiger partial charge in [-0.15, -0.1) is 0 Å². The van der Waals surface area contributed by atoms with Crippen LogP contribution in [0.15, 0.2) is 18.3 Å². The van der Waals surface area contributed by atoms with E-state index in [4.69, 9.17) is 9.47 Å². The number of hydrogen-bond donors (Lipinski definition) is 0. The fraction of sp³-hybridized carbons (Fsp3) is 0.400. The Balaban J connectivity index is 2.48. The van der Waals surface area contributed by atoms with E-state index in [9.17, 15) is 13.6 Å². The molecule has 0 bridgehead atoms. The minimum atomic E-state index is -0.850. The summed E-state index contributed by atoms with van der Waals surface area (Å²) >= 11 is 0. The molecule has 0 saturated carbocycles. The molecule has 0 atom stereocenters. The normalized spacial score (nSPS) is 11.1. The summed E-state index contributed by atoms with van der Waals surface area (Å²) in [6.45, 7) is 5.46. The van der Waals surface area contributed by atoms with E-state index in [1.165, 1.54) is 12.3 Å². The summed E-state index contributed by atoms with van der Waals surface area (Å²) in [5, 5.41) is 0.112. The summed E-state index contributed by atoms with van der Waals surface area (Å²) in [4.78, 5) is 11.8. The van der Waals surface area contributed by atoms with Crippen LogP contribution in [0.25, 0.3) is 10.9 Å². The number of nitrogens with zero attached hydrogens (tertiary/aromatic N) is 1. The Labute approximate surface area is 121 Å². The molecule has 0 amide bonds. The summed E-state index contributed by atoms with van der Waals surface area (Å²) in [5.74, 6) is -2.10. The zero-order chi connectivity index (χ0) is 15.6. The van der Waals surface area contributed by atoms with Crippen molar-refractivity contribution in [3.05, 3.63) is 30.0 Å². The van der Waals surface area contributed by atoms with E-state index in [-0.39, 0.29) is 23.6 Å².